The Morgan fingerprint density at radius 1 is 1.47 bits per heavy atom. The van der Waals surface area contributed by atoms with Gasteiger partial charge in [0.1, 0.15) is 5.82 Å². The zero-order valence-electron chi connectivity index (χ0n) is 11.3. The molecule has 1 saturated heterocycles. The van der Waals surface area contributed by atoms with Crippen LogP contribution in [0.1, 0.15) is 20.3 Å². The maximum Gasteiger partial charge on any atom is 0.239 e. The highest BCUT2D eigenvalue weighted by Crippen LogP contribution is 2.24. The van der Waals surface area contributed by atoms with Crippen LogP contribution < -0.4 is 20.7 Å². The Hall–Kier alpha value is -1.98. The fourth-order valence-electron chi connectivity index (χ4n) is 1.94. The van der Waals surface area contributed by atoms with Gasteiger partial charge in [-0.2, -0.15) is 4.98 Å². The summed E-state index contributed by atoms with van der Waals surface area (Å²) >= 11 is 0. The Morgan fingerprint density at radius 2 is 2.26 bits per heavy atom. The molecule has 2 heterocycles. The van der Waals surface area contributed by atoms with E-state index in [4.69, 9.17) is 10.5 Å². The van der Waals surface area contributed by atoms with E-state index in [9.17, 15) is 4.79 Å². The monoisotopic (exact) mass is 264 g/mol. The first-order valence-electron chi connectivity index (χ1n) is 6.51. The zero-order valence-corrected chi connectivity index (χ0v) is 11.3. The molecule has 0 spiro atoms. The van der Waals surface area contributed by atoms with Gasteiger partial charge in [-0.1, -0.05) is 0 Å². The molecule has 0 aromatic carbocycles. The van der Waals surface area contributed by atoms with Crippen molar-refractivity contribution in [2.75, 3.05) is 30.3 Å². The van der Waals surface area contributed by atoms with Crippen molar-refractivity contribution in [1.29, 1.82) is 0 Å². The maximum atomic E-state index is 11.6. The smallest absolute Gasteiger partial charge is 0.239 e. The van der Waals surface area contributed by atoms with E-state index < -0.39 is 0 Å². The predicted octanol–water partition coefficient (Wildman–Crippen LogP) is 0.777. The highest BCUT2D eigenvalue weighted by atomic mass is 16.5. The number of nitrogen functional groups attached to an aromatic ring is 1. The van der Waals surface area contributed by atoms with Crippen molar-refractivity contribution in [2.24, 2.45) is 0 Å². The number of amides is 1. The Balaban J connectivity index is 2.21. The average Bonchev–Trinajstić information content (AvgIpc) is 2.56. The van der Waals surface area contributed by atoms with E-state index in [1.54, 1.807) is 6.07 Å². The first-order chi connectivity index (χ1) is 9.06. The van der Waals surface area contributed by atoms with Crippen LogP contribution >= 0.6 is 0 Å². The summed E-state index contributed by atoms with van der Waals surface area (Å²) in [5, 5.41) is 2.84. The molecule has 6 heteroatoms. The lowest BCUT2D eigenvalue weighted by Gasteiger charge is -2.21. The highest BCUT2D eigenvalue weighted by Gasteiger charge is 2.17. The molecule has 19 heavy (non-hydrogen) atoms. The molecule has 0 atom stereocenters. The predicted molar refractivity (Wildman–Crippen MR) is 74.3 cm³/mol. The third-order valence-electron chi connectivity index (χ3n) is 2.81. The third-order valence-corrected chi connectivity index (χ3v) is 2.81. The van der Waals surface area contributed by atoms with E-state index in [2.05, 4.69) is 10.3 Å². The third kappa shape index (κ3) is 3.49. The fraction of sp³-hybridized carbons (Fsp3) is 0.538. The number of hydrogen-bond donors (Lipinski definition) is 2. The average molecular weight is 264 g/mol. The Morgan fingerprint density at radius 3 is 3.00 bits per heavy atom. The van der Waals surface area contributed by atoms with Crippen molar-refractivity contribution >= 4 is 17.4 Å². The molecule has 1 aromatic rings. The molecule has 0 unspecified atom stereocenters. The number of nitrogens with one attached hydrogen (secondary N) is 1. The van der Waals surface area contributed by atoms with Crippen LogP contribution in [0.25, 0.3) is 0 Å². The number of carbonyl (C=O) groups excluding carboxylic acids is 1. The first kappa shape index (κ1) is 13.5. The number of anilines is 2. The van der Waals surface area contributed by atoms with E-state index in [1.165, 1.54) is 0 Å². The van der Waals surface area contributed by atoms with Gasteiger partial charge in [0.15, 0.2) is 0 Å². The molecular weight excluding hydrogens is 244 g/mol. The lowest BCUT2D eigenvalue weighted by molar-refractivity contribution is -0.119. The van der Waals surface area contributed by atoms with Crippen LogP contribution in [0.2, 0.25) is 0 Å². The fourth-order valence-corrected chi connectivity index (χ4v) is 1.94. The van der Waals surface area contributed by atoms with Crippen molar-refractivity contribution in [3.8, 4) is 5.88 Å². The van der Waals surface area contributed by atoms with Crippen LogP contribution in [0.4, 0.5) is 11.5 Å². The van der Waals surface area contributed by atoms with Gasteiger partial charge in [0.25, 0.3) is 0 Å². The van der Waals surface area contributed by atoms with E-state index in [1.807, 2.05) is 24.8 Å². The zero-order chi connectivity index (χ0) is 13.8. The van der Waals surface area contributed by atoms with Crippen molar-refractivity contribution < 1.29 is 9.53 Å². The number of ether oxygens (including phenoxy) is 1. The van der Waals surface area contributed by atoms with Gasteiger partial charge < -0.3 is 20.7 Å². The van der Waals surface area contributed by atoms with Gasteiger partial charge >= 0.3 is 0 Å². The standard InChI is InChI=1S/C13H20N4O2/c1-9(2)19-13-10(14)4-5-11(16-13)17-7-3-6-15-12(18)8-17/h4-5,9H,3,6-8,14H2,1-2H3,(H,15,18). The second kappa shape index (κ2) is 5.77. The molecule has 2 rings (SSSR count). The molecule has 0 radical (unpaired) electrons. The Bertz CT molecular complexity index is 462. The molecule has 1 aliphatic heterocycles. The quantitative estimate of drug-likeness (QED) is 0.843. The first-order valence-corrected chi connectivity index (χ1v) is 6.51. The molecular formula is C13H20N4O2. The lowest BCUT2D eigenvalue weighted by Crippen LogP contribution is -2.33. The summed E-state index contributed by atoms with van der Waals surface area (Å²) in [7, 11) is 0. The van der Waals surface area contributed by atoms with Gasteiger partial charge in [-0.05, 0) is 32.4 Å². The summed E-state index contributed by atoms with van der Waals surface area (Å²) in [6.07, 6.45) is 0.913. The van der Waals surface area contributed by atoms with Crippen molar-refractivity contribution in [3.05, 3.63) is 12.1 Å². The SMILES string of the molecule is CC(C)Oc1nc(N2CCCNC(=O)C2)ccc1N. The second-order valence-corrected chi connectivity index (χ2v) is 4.86. The van der Waals surface area contributed by atoms with Crippen LogP contribution in [0.15, 0.2) is 12.1 Å². The van der Waals surface area contributed by atoms with Gasteiger partial charge in [-0.3, -0.25) is 4.79 Å². The van der Waals surface area contributed by atoms with Crippen LogP contribution in [0, 0.1) is 0 Å². The largest absolute Gasteiger partial charge is 0.473 e. The molecule has 0 saturated carbocycles. The summed E-state index contributed by atoms with van der Waals surface area (Å²) in [5.74, 6) is 1.17. The van der Waals surface area contributed by atoms with Gasteiger partial charge in [-0.15, -0.1) is 0 Å². The summed E-state index contributed by atoms with van der Waals surface area (Å²) in [6, 6.07) is 3.59. The molecule has 0 aliphatic carbocycles. The number of carbonyl (C=O) groups is 1. The molecule has 0 bridgehead atoms. The molecule has 1 amide bonds. The molecule has 3 N–H and O–H groups in total. The highest BCUT2D eigenvalue weighted by molar-refractivity contribution is 5.81. The van der Waals surface area contributed by atoms with Crippen molar-refractivity contribution in [2.45, 2.75) is 26.4 Å². The van der Waals surface area contributed by atoms with E-state index in [-0.39, 0.29) is 12.0 Å². The molecule has 104 valence electrons. The van der Waals surface area contributed by atoms with Gasteiger partial charge in [0.05, 0.1) is 18.3 Å². The maximum absolute atomic E-state index is 11.6. The van der Waals surface area contributed by atoms with Gasteiger partial charge in [0, 0.05) is 13.1 Å². The molecule has 6 nitrogen and oxygen atoms in total. The Kier molecular flexibility index (Phi) is 4.09. The number of nitrogens with two attached hydrogens (primary N) is 1. The van der Waals surface area contributed by atoms with Crippen LogP contribution in [-0.4, -0.2) is 36.6 Å². The lowest BCUT2D eigenvalue weighted by atomic mass is 10.3. The number of pyridine rings is 1. The molecule has 1 fully saturated rings. The minimum absolute atomic E-state index is 0.0116. The van der Waals surface area contributed by atoms with Crippen LogP contribution in [0.5, 0.6) is 5.88 Å². The summed E-state index contributed by atoms with van der Waals surface area (Å²) in [5.41, 5.74) is 6.35. The van der Waals surface area contributed by atoms with Crippen LogP contribution in [0.3, 0.4) is 0 Å². The van der Waals surface area contributed by atoms with E-state index in [0.29, 0.717) is 24.7 Å². The van der Waals surface area contributed by atoms with Crippen LogP contribution in [-0.2, 0) is 4.79 Å². The number of nitrogens with zero attached hydrogens (tertiary/aromatic N) is 2. The van der Waals surface area contributed by atoms with E-state index in [0.717, 1.165) is 18.8 Å². The van der Waals surface area contributed by atoms with Crippen molar-refractivity contribution in [1.82, 2.24) is 10.3 Å². The van der Waals surface area contributed by atoms with Gasteiger partial charge in [0.2, 0.25) is 11.8 Å². The Labute approximate surface area is 112 Å². The normalized spacial score (nSPS) is 16.2. The van der Waals surface area contributed by atoms with Gasteiger partial charge in [-0.25, -0.2) is 0 Å². The molecule has 1 aliphatic rings. The molecule has 1 aromatic heterocycles. The minimum Gasteiger partial charge on any atom is -0.473 e. The second-order valence-electron chi connectivity index (χ2n) is 4.86. The number of aromatic nitrogens is 1. The summed E-state index contributed by atoms with van der Waals surface area (Å²) in [4.78, 5) is 17.9. The summed E-state index contributed by atoms with van der Waals surface area (Å²) < 4.78 is 5.57. The number of rotatable bonds is 3. The van der Waals surface area contributed by atoms with Crippen molar-refractivity contribution in [3.63, 3.8) is 0 Å². The summed E-state index contributed by atoms with van der Waals surface area (Å²) in [6.45, 7) is 5.66. The van der Waals surface area contributed by atoms with E-state index >= 15 is 0 Å². The number of hydrogen-bond acceptors (Lipinski definition) is 5. The topological polar surface area (TPSA) is 80.5 Å². The minimum atomic E-state index is 0.0116.